The summed E-state index contributed by atoms with van der Waals surface area (Å²) in [5.41, 5.74) is 8.27. The van der Waals surface area contributed by atoms with Crippen LogP contribution in [0, 0.1) is 0 Å². The number of pyridine rings is 1. The molecule has 100 valence electrons. The van der Waals surface area contributed by atoms with Crippen LogP contribution in [0.2, 0.25) is 0 Å². The minimum Gasteiger partial charge on any atom is -0.481 e. The molecule has 0 bridgehead atoms. The van der Waals surface area contributed by atoms with Crippen LogP contribution in [0.5, 0.6) is 0 Å². The van der Waals surface area contributed by atoms with E-state index in [1.165, 1.54) is 0 Å². The molecule has 1 heterocycles. The first-order valence-electron chi connectivity index (χ1n) is 5.41. The van der Waals surface area contributed by atoms with E-state index in [-0.39, 0.29) is 0 Å². The van der Waals surface area contributed by atoms with Gasteiger partial charge in [-0.1, -0.05) is 18.2 Å². The Morgan fingerprint density at radius 2 is 1.95 bits per heavy atom. The molecule has 0 fully saturated rings. The van der Waals surface area contributed by atoms with Gasteiger partial charge in [0.15, 0.2) is 0 Å². The van der Waals surface area contributed by atoms with E-state index < -0.39 is 5.97 Å². The predicted octanol–water partition coefficient (Wildman–Crippen LogP) is 3.26. The van der Waals surface area contributed by atoms with Crippen LogP contribution in [0.3, 0.4) is 0 Å². The quantitative estimate of drug-likeness (QED) is 0.738. The van der Waals surface area contributed by atoms with Crippen LogP contribution in [0.25, 0.3) is 0 Å². The zero-order valence-electron chi connectivity index (χ0n) is 10.3. The lowest BCUT2D eigenvalue weighted by atomic mass is 10.3. The highest BCUT2D eigenvalue weighted by atomic mass is 79.9. The van der Waals surface area contributed by atoms with Crippen molar-refractivity contribution >= 4 is 39.0 Å². The third-order valence-corrected chi connectivity index (χ3v) is 2.39. The molecule has 4 N–H and O–H groups in total. The number of anilines is 3. The number of nitrogens with two attached hydrogens (primary N) is 1. The van der Waals surface area contributed by atoms with Gasteiger partial charge in [0.2, 0.25) is 0 Å². The standard InChI is InChI=1S/C11H10BrN3.C2H4O2/c12-11-6-10(9(13)7-14-11)15-8-4-2-1-3-5-8;1-2(3)4/h1-7H,13H2,(H,14,15);1H3,(H,3,4). The van der Waals surface area contributed by atoms with Crippen molar-refractivity contribution in [2.45, 2.75) is 6.92 Å². The Morgan fingerprint density at radius 3 is 2.53 bits per heavy atom. The van der Waals surface area contributed by atoms with Crippen molar-refractivity contribution in [3.05, 3.63) is 47.2 Å². The number of hydrogen-bond acceptors (Lipinski definition) is 4. The number of carbonyl (C=O) groups is 1. The molecule has 0 spiro atoms. The van der Waals surface area contributed by atoms with E-state index in [0.29, 0.717) is 5.69 Å². The van der Waals surface area contributed by atoms with Gasteiger partial charge in [-0.3, -0.25) is 4.79 Å². The Bertz CT molecular complexity index is 543. The van der Waals surface area contributed by atoms with Crippen LogP contribution in [0.15, 0.2) is 47.2 Å². The highest BCUT2D eigenvalue weighted by Crippen LogP contribution is 2.24. The molecule has 0 unspecified atom stereocenters. The summed E-state index contributed by atoms with van der Waals surface area (Å²) in [6.45, 7) is 1.08. The number of nitrogens with one attached hydrogen (secondary N) is 1. The number of aliphatic carboxylic acids is 1. The molecular weight excluding hydrogens is 310 g/mol. The van der Waals surface area contributed by atoms with Crippen molar-refractivity contribution < 1.29 is 9.90 Å². The van der Waals surface area contributed by atoms with E-state index in [9.17, 15) is 0 Å². The number of carboxylic acid groups (broad SMARTS) is 1. The topological polar surface area (TPSA) is 88.2 Å². The Kier molecular flexibility index (Phi) is 5.81. The van der Waals surface area contributed by atoms with Gasteiger partial charge in [0.25, 0.3) is 5.97 Å². The summed E-state index contributed by atoms with van der Waals surface area (Å²) in [6, 6.07) is 11.7. The van der Waals surface area contributed by atoms with Crippen molar-refractivity contribution in [2.24, 2.45) is 0 Å². The smallest absolute Gasteiger partial charge is 0.300 e. The van der Waals surface area contributed by atoms with Crippen molar-refractivity contribution in [3.8, 4) is 0 Å². The molecule has 0 atom stereocenters. The van der Waals surface area contributed by atoms with Crippen LogP contribution < -0.4 is 11.1 Å². The third-order valence-electron chi connectivity index (χ3n) is 1.95. The number of nitrogen functional groups attached to an aromatic ring is 1. The molecule has 5 nitrogen and oxygen atoms in total. The average molecular weight is 324 g/mol. The molecule has 0 aliphatic rings. The van der Waals surface area contributed by atoms with Crippen LogP contribution in [0.4, 0.5) is 17.1 Å². The van der Waals surface area contributed by atoms with Gasteiger partial charge < -0.3 is 16.2 Å². The molecule has 0 saturated carbocycles. The summed E-state index contributed by atoms with van der Waals surface area (Å²) in [5, 5.41) is 10.6. The second kappa shape index (κ2) is 7.38. The fourth-order valence-corrected chi connectivity index (χ4v) is 1.56. The van der Waals surface area contributed by atoms with Gasteiger partial charge in [-0.05, 0) is 34.1 Å². The number of para-hydroxylation sites is 1. The number of benzene rings is 1. The summed E-state index contributed by atoms with van der Waals surface area (Å²) in [7, 11) is 0. The van der Waals surface area contributed by atoms with Gasteiger partial charge in [0.05, 0.1) is 17.6 Å². The number of aromatic nitrogens is 1. The number of rotatable bonds is 2. The Hall–Kier alpha value is -2.08. The Morgan fingerprint density at radius 1 is 1.37 bits per heavy atom. The first kappa shape index (κ1) is 15.0. The summed E-state index contributed by atoms with van der Waals surface area (Å²) in [4.78, 5) is 13.0. The van der Waals surface area contributed by atoms with Gasteiger partial charge >= 0.3 is 0 Å². The van der Waals surface area contributed by atoms with Crippen molar-refractivity contribution in [2.75, 3.05) is 11.1 Å². The molecule has 2 aromatic rings. The normalized spacial score (nSPS) is 9.16. The van der Waals surface area contributed by atoms with E-state index >= 15 is 0 Å². The van der Waals surface area contributed by atoms with Crippen molar-refractivity contribution in [3.63, 3.8) is 0 Å². The van der Waals surface area contributed by atoms with E-state index in [2.05, 4.69) is 26.2 Å². The molecule has 0 amide bonds. The first-order chi connectivity index (χ1) is 8.99. The Labute approximate surface area is 119 Å². The second-order valence-corrected chi connectivity index (χ2v) is 4.42. The fraction of sp³-hybridized carbons (Fsp3) is 0.0769. The molecule has 0 saturated heterocycles. The summed E-state index contributed by atoms with van der Waals surface area (Å²) in [6.07, 6.45) is 1.62. The number of carboxylic acids is 1. The molecule has 6 heteroatoms. The van der Waals surface area contributed by atoms with Gasteiger partial charge in [0, 0.05) is 12.6 Å². The maximum Gasteiger partial charge on any atom is 0.300 e. The van der Waals surface area contributed by atoms with Crippen molar-refractivity contribution in [1.82, 2.24) is 4.98 Å². The maximum atomic E-state index is 9.00. The first-order valence-corrected chi connectivity index (χ1v) is 6.21. The monoisotopic (exact) mass is 323 g/mol. The molecule has 1 aromatic heterocycles. The van der Waals surface area contributed by atoms with Gasteiger partial charge in [-0.2, -0.15) is 0 Å². The SMILES string of the molecule is CC(=O)O.Nc1cnc(Br)cc1Nc1ccccc1. The molecule has 1 aromatic carbocycles. The Balaban J connectivity index is 0.000000399. The van der Waals surface area contributed by atoms with Crippen LogP contribution in [-0.2, 0) is 4.79 Å². The van der Waals surface area contributed by atoms with Gasteiger partial charge in [0.1, 0.15) is 4.60 Å². The van der Waals surface area contributed by atoms with E-state index in [0.717, 1.165) is 22.9 Å². The van der Waals surface area contributed by atoms with Crippen LogP contribution >= 0.6 is 15.9 Å². The average Bonchev–Trinajstić information content (AvgIpc) is 2.34. The summed E-state index contributed by atoms with van der Waals surface area (Å²) >= 11 is 3.30. The highest BCUT2D eigenvalue weighted by molar-refractivity contribution is 9.10. The largest absolute Gasteiger partial charge is 0.481 e. The highest BCUT2D eigenvalue weighted by Gasteiger charge is 2.00. The second-order valence-electron chi connectivity index (χ2n) is 3.60. The molecule has 0 radical (unpaired) electrons. The maximum absolute atomic E-state index is 9.00. The molecule has 2 rings (SSSR count). The minimum atomic E-state index is -0.833. The van der Waals surface area contributed by atoms with Crippen LogP contribution in [0.1, 0.15) is 6.92 Å². The molecule has 0 aliphatic carbocycles. The zero-order valence-corrected chi connectivity index (χ0v) is 11.9. The lowest BCUT2D eigenvalue weighted by Gasteiger charge is -2.08. The number of hydrogen-bond donors (Lipinski definition) is 3. The summed E-state index contributed by atoms with van der Waals surface area (Å²) < 4.78 is 0.759. The fourth-order valence-electron chi connectivity index (χ4n) is 1.23. The van der Waals surface area contributed by atoms with Crippen molar-refractivity contribution in [1.29, 1.82) is 0 Å². The van der Waals surface area contributed by atoms with Gasteiger partial charge in [-0.25, -0.2) is 4.98 Å². The summed E-state index contributed by atoms with van der Waals surface area (Å²) in [5.74, 6) is -0.833. The minimum absolute atomic E-state index is 0.627. The molecule has 19 heavy (non-hydrogen) atoms. The van der Waals surface area contributed by atoms with Crippen LogP contribution in [-0.4, -0.2) is 16.1 Å². The van der Waals surface area contributed by atoms with E-state index in [1.54, 1.807) is 6.20 Å². The zero-order chi connectivity index (χ0) is 14.3. The van der Waals surface area contributed by atoms with E-state index in [1.807, 2.05) is 36.4 Å². The predicted molar refractivity (Wildman–Crippen MR) is 79.4 cm³/mol. The molecule has 0 aliphatic heterocycles. The lowest BCUT2D eigenvalue weighted by molar-refractivity contribution is -0.134. The van der Waals surface area contributed by atoms with Gasteiger partial charge in [-0.15, -0.1) is 0 Å². The third kappa shape index (κ3) is 5.87. The number of nitrogens with zero attached hydrogens (tertiary/aromatic N) is 1. The number of halogens is 1. The lowest BCUT2D eigenvalue weighted by Crippen LogP contribution is -1.97. The van der Waals surface area contributed by atoms with E-state index in [4.69, 9.17) is 15.6 Å². The molecular formula is C13H14BrN3O2.